The molecule has 0 aliphatic heterocycles. The zero-order valence-electron chi connectivity index (χ0n) is 13.6. The number of rotatable bonds is 9. The molecule has 0 aliphatic carbocycles. The van der Waals surface area contributed by atoms with Crippen LogP contribution >= 0.6 is 23.1 Å². The number of nitrogens with one attached hydrogen (secondary N) is 1. The highest BCUT2D eigenvalue weighted by Gasteiger charge is 2.13. The minimum absolute atomic E-state index is 0.0309. The minimum Gasteiger partial charge on any atom is -0.335 e. The van der Waals surface area contributed by atoms with Gasteiger partial charge in [0, 0.05) is 18.8 Å². The van der Waals surface area contributed by atoms with Crippen LogP contribution in [0.1, 0.15) is 5.56 Å². The summed E-state index contributed by atoms with van der Waals surface area (Å²) in [5.41, 5.74) is 2.14. The highest BCUT2D eigenvalue weighted by Crippen LogP contribution is 2.28. The summed E-state index contributed by atoms with van der Waals surface area (Å²) in [6.07, 6.45) is 3.42. The fourth-order valence-corrected chi connectivity index (χ4v) is 3.62. The largest absolute Gasteiger partial charge is 0.335 e. The number of thioether (sulfide) groups is 1. The lowest BCUT2D eigenvalue weighted by atomic mass is 10.2. The van der Waals surface area contributed by atoms with Crippen molar-refractivity contribution in [3.05, 3.63) is 55.1 Å². The Hall–Kier alpha value is -2.12. The van der Waals surface area contributed by atoms with Gasteiger partial charge in [0.15, 0.2) is 4.34 Å². The number of anilines is 2. The van der Waals surface area contributed by atoms with Gasteiger partial charge in [-0.05, 0) is 18.6 Å². The molecule has 1 amide bonds. The lowest BCUT2D eigenvalue weighted by Crippen LogP contribution is -2.32. The summed E-state index contributed by atoms with van der Waals surface area (Å²) in [5, 5.41) is 12.2. The van der Waals surface area contributed by atoms with Gasteiger partial charge in [0.1, 0.15) is 0 Å². The Bertz CT molecular complexity index is 704. The Morgan fingerprint density at radius 3 is 2.67 bits per heavy atom. The Morgan fingerprint density at radius 2 is 2.00 bits per heavy atom. The molecule has 2 rings (SSSR count). The van der Waals surface area contributed by atoms with Crippen LogP contribution in [0.2, 0.25) is 0 Å². The fraction of sp³-hybridized carbons (Fsp3) is 0.235. The number of benzene rings is 1. The van der Waals surface area contributed by atoms with E-state index in [9.17, 15) is 4.79 Å². The number of nitrogens with zero attached hydrogens (tertiary/aromatic N) is 3. The van der Waals surface area contributed by atoms with Crippen LogP contribution in [0, 0.1) is 6.92 Å². The predicted octanol–water partition coefficient (Wildman–Crippen LogP) is 3.88. The number of para-hydroxylation sites is 1. The Labute approximate surface area is 150 Å². The highest BCUT2D eigenvalue weighted by molar-refractivity contribution is 8.01. The first-order chi connectivity index (χ1) is 11.6. The normalized spacial score (nSPS) is 10.2. The van der Waals surface area contributed by atoms with Gasteiger partial charge < -0.3 is 10.2 Å². The number of hydrogen-bond donors (Lipinski definition) is 1. The molecule has 0 radical (unpaired) electrons. The molecule has 0 atom stereocenters. The van der Waals surface area contributed by atoms with Crippen LogP contribution in [0.15, 0.2) is 53.9 Å². The fourth-order valence-electron chi connectivity index (χ4n) is 1.95. The van der Waals surface area contributed by atoms with Crippen molar-refractivity contribution in [2.24, 2.45) is 0 Å². The number of amides is 1. The Morgan fingerprint density at radius 1 is 1.29 bits per heavy atom. The number of aromatic nitrogens is 2. The van der Waals surface area contributed by atoms with Gasteiger partial charge in [-0.25, -0.2) is 0 Å². The van der Waals surface area contributed by atoms with Crippen LogP contribution in [-0.4, -0.2) is 39.8 Å². The molecule has 24 heavy (non-hydrogen) atoms. The zero-order chi connectivity index (χ0) is 17.4. The van der Waals surface area contributed by atoms with Crippen LogP contribution in [-0.2, 0) is 4.79 Å². The summed E-state index contributed by atoms with van der Waals surface area (Å²) in [7, 11) is 0. The minimum atomic E-state index is 0.0309. The van der Waals surface area contributed by atoms with E-state index >= 15 is 0 Å². The third-order valence-electron chi connectivity index (χ3n) is 3.16. The Kier molecular flexibility index (Phi) is 7.02. The van der Waals surface area contributed by atoms with Gasteiger partial charge in [0.05, 0.1) is 5.75 Å². The molecule has 1 aromatic heterocycles. The topological polar surface area (TPSA) is 58.1 Å². The average molecular weight is 361 g/mol. The van der Waals surface area contributed by atoms with Crippen molar-refractivity contribution in [2.75, 3.05) is 24.2 Å². The standard InChI is InChI=1S/C17H20N4OS2/c1-4-10-21(11-5-2)15(22)12-23-17-20-19-16(24-17)18-14-9-7-6-8-13(14)3/h4-9H,1-2,10-12H2,3H3,(H,18,19). The van der Waals surface area contributed by atoms with Gasteiger partial charge in [-0.15, -0.1) is 23.4 Å². The first-order valence-electron chi connectivity index (χ1n) is 7.42. The summed E-state index contributed by atoms with van der Waals surface area (Å²) < 4.78 is 0.761. The van der Waals surface area contributed by atoms with E-state index in [0.717, 1.165) is 15.6 Å². The second kappa shape index (κ2) is 9.24. The van der Waals surface area contributed by atoms with E-state index in [1.54, 1.807) is 17.1 Å². The summed E-state index contributed by atoms with van der Waals surface area (Å²) in [4.78, 5) is 13.9. The molecule has 0 saturated carbocycles. The molecule has 2 aromatic rings. The molecule has 0 fully saturated rings. The second-order valence-corrected chi connectivity index (χ2v) is 7.18. The monoisotopic (exact) mass is 360 g/mol. The van der Waals surface area contributed by atoms with Gasteiger partial charge in [0.2, 0.25) is 11.0 Å². The van der Waals surface area contributed by atoms with Crippen molar-refractivity contribution in [1.29, 1.82) is 0 Å². The second-order valence-electron chi connectivity index (χ2n) is 4.98. The number of carbonyl (C=O) groups is 1. The van der Waals surface area contributed by atoms with Crippen LogP contribution in [0.25, 0.3) is 0 Å². The maximum atomic E-state index is 12.2. The Balaban J connectivity index is 1.91. The predicted molar refractivity (Wildman–Crippen MR) is 102 cm³/mol. The molecule has 1 N–H and O–H groups in total. The molecule has 0 bridgehead atoms. The van der Waals surface area contributed by atoms with Gasteiger partial charge in [0.25, 0.3) is 0 Å². The van der Waals surface area contributed by atoms with E-state index in [4.69, 9.17) is 0 Å². The quantitative estimate of drug-likeness (QED) is 0.543. The molecule has 1 heterocycles. The van der Waals surface area contributed by atoms with Crippen LogP contribution in [0.4, 0.5) is 10.8 Å². The molecule has 0 saturated heterocycles. The first-order valence-corrected chi connectivity index (χ1v) is 9.22. The highest BCUT2D eigenvalue weighted by atomic mass is 32.2. The van der Waals surface area contributed by atoms with E-state index < -0.39 is 0 Å². The van der Waals surface area contributed by atoms with Crippen LogP contribution < -0.4 is 5.32 Å². The van der Waals surface area contributed by atoms with Crippen LogP contribution in [0.5, 0.6) is 0 Å². The lowest BCUT2D eigenvalue weighted by Gasteiger charge is -2.18. The molecule has 0 unspecified atom stereocenters. The molecule has 0 spiro atoms. The number of aryl methyl sites for hydroxylation is 1. The van der Waals surface area contributed by atoms with Crippen LogP contribution in [0.3, 0.4) is 0 Å². The SMILES string of the molecule is C=CCN(CC=C)C(=O)CSc1nnc(Nc2ccccc2C)s1. The van der Waals surface area contributed by atoms with Gasteiger partial charge in [-0.2, -0.15) is 0 Å². The molecule has 5 nitrogen and oxygen atoms in total. The van der Waals surface area contributed by atoms with Crippen molar-refractivity contribution in [1.82, 2.24) is 15.1 Å². The average Bonchev–Trinajstić information content (AvgIpc) is 3.02. The third kappa shape index (κ3) is 5.21. The summed E-state index contributed by atoms with van der Waals surface area (Å²) in [5.74, 6) is 0.351. The van der Waals surface area contributed by atoms with Crippen molar-refractivity contribution in [2.45, 2.75) is 11.3 Å². The number of carbonyl (C=O) groups excluding carboxylic acids is 1. The van der Waals surface area contributed by atoms with Gasteiger partial charge >= 0.3 is 0 Å². The van der Waals surface area contributed by atoms with E-state index in [1.807, 2.05) is 31.2 Å². The molecule has 126 valence electrons. The molecular weight excluding hydrogens is 340 g/mol. The maximum absolute atomic E-state index is 12.2. The summed E-state index contributed by atoms with van der Waals surface area (Å²) >= 11 is 2.82. The van der Waals surface area contributed by atoms with Crippen molar-refractivity contribution < 1.29 is 4.79 Å². The van der Waals surface area contributed by atoms with Gasteiger partial charge in [-0.3, -0.25) is 4.79 Å². The molecule has 7 heteroatoms. The molecular formula is C17H20N4OS2. The summed E-state index contributed by atoms with van der Waals surface area (Å²) in [6, 6.07) is 7.99. The maximum Gasteiger partial charge on any atom is 0.233 e. The molecule has 0 aliphatic rings. The molecule has 1 aromatic carbocycles. The first kappa shape index (κ1) is 18.2. The summed E-state index contributed by atoms with van der Waals surface area (Å²) in [6.45, 7) is 10.4. The smallest absolute Gasteiger partial charge is 0.233 e. The van der Waals surface area contributed by atoms with E-state index in [-0.39, 0.29) is 5.91 Å². The van der Waals surface area contributed by atoms with Gasteiger partial charge in [-0.1, -0.05) is 53.4 Å². The lowest BCUT2D eigenvalue weighted by molar-refractivity contribution is -0.127. The van der Waals surface area contributed by atoms with Crippen molar-refractivity contribution in [3.63, 3.8) is 0 Å². The van der Waals surface area contributed by atoms with E-state index in [1.165, 1.54) is 23.1 Å². The van der Waals surface area contributed by atoms with E-state index in [0.29, 0.717) is 24.0 Å². The van der Waals surface area contributed by atoms with E-state index in [2.05, 4.69) is 28.7 Å². The number of hydrogen-bond acceptors (Lipinski definition) is 6. The van der Waals surface area contributed by atoms with Crippen molar-refractivity contribution in [3.8, 4) is 0 Å². The van der Waals surface area contributed by atoms with Crippen molar-refractivity contribution >= 4 is 39.8 Å². The third-order valence-corrected chi connectivity index (χ3v) is 5.12. The zero-order valence-corrected chi connectivity index (χ0v) is 15.2.